The van der Waals surface area contributed by atoms with E-state index in [0.29, 0.717) is 29.0 Å². The maximum atomic E-state index is 12.9. The van der Waals surface area contributed by atoms with Gasteiger partial charge in [0.05, 0.1) is 6.54 Å². The van der Waals surface area contributed by atoms with Crippen LogP contribution in [0, 0.1) is 0 Å². The number of nitrogens with one attached hydrogen (secondary N) is 2. The summed E-state index contributed by atoms with van der Waals surface area (Å²) in [4.78, 5) is 40.5. The lowest BCUT2D eigenvalue weighted by atomic mass is 10.1. The van der Waals surface area contributed by atoms with Crippen molar-refractivity contribution in [3.05, 3.63) is 90.0 Å². The van der Waals surface area contributed by atoms with Crippen LogP contribution in [0.15, 0.2) is 78.9 Å². The quantitative estimate of drug-likeness (QED) is 0.548. The smallest absolute Gasteiger partial charge is 0.258 e. The molecule has 3 rings (SSSR count). The lowest BCUT2D eigenvalue weighted by molar-refractivity contribution is -0.114. The molecule has 170 valence electrons. The van der Waals surface area contributed by atoms with Gasteiger partial charge in [-0.1, -0.05) is 24.3 Å². The zero-order valence-electron chi connectivity index (χ0n) is 19.0. The monoisotopic (exact) mass is 444 g/mol. The van der Waals surface area contributed by atoms with E-state index in [4.69, 9.17) is 0 Å². The van der Waals surface area contributed by atoms with Gasteiger partial charge in [0, 0.05) is 48.8 Å². The molecule has 0 heterocycles. The van der Waals surface area contributed by atoms with Gasteiger partial charge in [-0.05, 0) is 61.5 Å². The van der Waals surface area contributed by atoms with Crippen LogP contribution in [0.2, 0.25) is 0 Å². The SMILES string of the molecule is CCN(C(=O)c1ccc(NC(=O)CNc2cccc(C(=O)N(C)C)c2)cc1)c1ccccc1. The van der Waals surface area contributed by atoms with Gasteiger partial charge in [-0.15, -0.1) is 0 Å². The first-order valence-electron chi connectivity index (χ1n) is 10.7. The van der Waals surface area contributed by atoms with Gasteiger partial charge in [-0.3, -0.25) is 14.4 Å². The number of benzene rings is 3. The van der Waals surface area contributed by atoms with Gasteiger partial charge < -0.3 is 20.4 Å². The van der Waals surface area contributed by atoms with Crippen molar-refractivity contribution in [3.8, 4) is 0 Å². The summed E-state index contributed by atoms with van der Waals surface area (Å²) in [5, 5.41) is 5.83. The highest BCUT2D eigenvalue weighted by molar-refractivity contribution is 6.06. The minimum atomic E-state index is -0.238. The van der Waals surface area contributed by atoms with Crippen LogP contribution in [0.1, 0.15) is 27.6 Å². The second-order valence-electron chi connectivity index (χ2n) is 7.64. The molecule has 0 radical (unpaired) electrons. The molecule has 0 atom stereocenters. The Bertz CT molecular complexity index is 1110. The fraction of sp³-hybridized carbons (Fsp3) is 0.192. The molecule has 0 aromatic heterocycles. The molecule has 0 bridgehead atoms. The summed E-state index contributed by atoms with van der Waals surface area (Å²) in [6.07, 6.45) is 0. The van der Waals surface area contributed by atoms with Crippen LogP contribution in [-0.2, 0) is 4.79 Å². The average Bonchev–Trinajstić information content (AvgIpc) is 2.84. The molecule has 0 aliphatic rings. The van der Waals surface area contributed by atoms with E-state index in [9.17, 15) is 14.4 Å². The van der Waals surface area contributed by atoms with Crippen LogP contribution in [0.3, 0.4) is 0 Å². The van der Waals surface area contributed by atoms with Crippen molar-refractivity contribution in [1.29, 1.82) is 0 Å². The number of hydrogen-bond donors (Lipinski definition) is 2. The van der Waals surface area contributed by atoms with Gasteiger partial charge >= 0.3 is 0 Å². The van der Waals surface area contributed by atoms with E-state index >= 15 is 0 Å². The summed E-state index contributed by atoms with van der Waals surface area (Å²) in [5.41, 5.74) is 3.20. The van der Waals surface area contributed by atoms with Crippen molar-refractivity contribution in [2.45, 2.75) is 6.92 Å². The summed E-state index contributed by atoms with van der Waals surface area (Å²) < 4.78 is 0. The minimum Gasteiger partial charge on any atom is -0.376 e. The first-order chi connectivity index (χ1) is 15.9. The summed E-state index contributed by atoms with van der Waals surface area (Å²) in [6, 6.07) is 23.3. The molecule has 3 aromatic rings. The normalized spacial score (nSPS) is 10.3. The second-order valence-corrected chi connectivity index (χ2v) is 7.64. The number of para-hydroxylation sites is 1. The fourth-order valence-corrected chi connectivity index (χ4v) is 3.31. The molecule has 7 heteroatoms. The number of carbonyl (C=O) groups excluding carboxylic acids is 3. The highest BCUT2D eigenvalue weighted by atomic mass is 16.2. The van der Waals surface area contributed by atoms with Crippen molar-refractivity contribution in [2.24, 2.45) is 0 Å². The first-order valence-corrected chi connectivity index (χ1v) is 10.7. The van der Waals surface area contributed by atoms with Crippen LogP contribution >= 0.6 is 0 Å². The number of nitrogens with zero attached hydrogens (tertiary/aromatic N) is 2. The molecule has 3 amide bonds. The third-order valence-electron chi connectivity index (χ3n) is 5.01. The first kappa shape index (κ1) is 23.5. The maximum absolute atomic E-state index is 12.9. The molecule has 33 heavy (non-hydrogen) atoms. The molecule has 0 fully saturated rings. The van der Waals surface area contributed by atoms with E-state index in [2.05, 4.69) is 10.6 Å². The molecular formula is C26H28N4O3. The number of hydrogen-bond acceptors (Lipinski definition) is 4. The largest absolute Gasteiger partial charge is 0.376 e. The molecule has 0 saturated heterocycles. The van der Waals surface area contributed by atoms with E-state index in [0.717, 1.165) is 5.69 Å². The van der Waals surface area contributed by atoms with Crippen LogP contribution in [0.25, 0.3) is 0 Å². The van der Waals surface area contributed by atoms with E-state index in [1.54, 1.807) is 67.5 Å². The molecule has 0 aliphatic heterocycles. The van der Waals surface area contributed by atoms with E-state index in [-0.39, 0.29) is 24.3 Å². The summed E-state index contributed by atoms with van der Waals surface area (Å²) >= 11 is 0. The minimum absolute atomic E-state index is 0.0396. The fourth-order valence-electron chi connectivity index (χ4n) is 3.31. The van der Waals surface area contributed by atoms with E-state index in [1.807, 2.05) is 37.3 Å². The Labute approximate surface area is 194 Å². The Hall–Kier alpha value is -4.13. The topological polar surface area (TPSA) is 81.8 Å². The Balaban J connectivity index is 1.58. The molecule has 0 aliphatic carbocycles. The number of rotatable bonds is 8. The van der Waals surface area contributed by atoms with Gasteiger partial charge in [-0.2, -0.15) is 0 Å². The predicted octanol–water partition coefficient (Wildman–Crippen LogP) is 4.11. The number of anilines is 3. The lowest BCUT2D eigenvalue weighted by Crippen LogP contribution is -2.30. The Morgan fingerprint density at radius 2 is 1.45 bits per heavy atom. The Morgan fingerprint density at radius 3 is 2.09 bits per heavy atom. The Kier molecular flexibility index (Phi) is 7.81. The van der Waals surface area contributed by atoms with Crippen LogP contribution in [-0.4, -0.2) is 49.8 Å². The van der Waals surface area contributed by atoms with Crippen molar-refractivity contribution in [1.82, 2.24) is 4.90 Å². The average molecular weight is 445 g/mol. The zero-order chi connectivity index (χ0) is 23.8. The third kappa shape index (κ3) is 6.20. The molecule has 7 nitrogen and oxygen atoms in total. The van der Waals surface area contributed by atoms with Crippen molar-refractivity contribution in [3.63, 3.8) is 0 Å². The highest BCUT2D eigenvalue weighted by Crippen LogP contribution is 2.18. The molecular weight excluding hydrogens is 416 g/mol. The maximum Gasteiger partial charge on any atom is 0.258 e. The van der Waals surface area contributed by atoms with Gasteiger partial charge in [0.15, 0.2) is 0 Å². The standard InChI is InChI=1S/C26H28N4O3/c1-4-30(23-11-6-5-7-12-23)26(33)19-13-15-21(16-14-19)28-24(31)18-27-22-10-8-9-20(17-22)25(32)29(2)3/h5-17,27H,4,18H2,1-3H3,(H,28,31). The predicted molar refractivity (Wildman–Crippen MR) is 132 cm³/mol. The van der Waals surface area contributed by atoms with Gasteiger partial charge in [0.25, 0.3) is 11.8 Å². The van der Waals surface area contributed by atoms with E-state index in [1.165, 1.54) is 4.90 Å². The molecule has 2 N–H and O–H groups in total. The van der Waals surface area contributed by atoms with Gasteiger partial charge in [0.1, 0.15) is 0 Å². The molecule has 0 saturated carbocycles. The summed E-state index contributed by atoms with van der Waals surface area (Å²) in [7, 11) is 3.38. The van der Waals surface area contributed by atoms with Gasteiger partial charge in [-0.25, -0.2) is 0 Å². The van der Waals surface area contributed by atoms with Crippen molar-refractivity contribution in [2.75, 3.05) is 42.7 Å². The second kappa shape index (κ2) is 10.9. The summed E-state index contributed by atoms with van der Waals surface area (Å²) in [5.74, 6) is -0.445. The highest BCUT2D eigenvalue weighted by Gasteiger charge is 2.16. The molecule has 0 unspecified atom stereocenters. The molecule has 3 aromatic carbocycles. The van der Waals surface area contributed by atoms with Crippen molar-refractivity contribution >= 4 is 34.8 Å². The van der Waals surface area contributed by atoms with Crippen molar-refractivity contribution < 1.29 is 14.4 Å². The van der Waals surface area contributed by atoms with Crippen LogP contribution < -0.4 is 15.5 Å². The van der Waals surface area contributed by atoms with Crippen LogP contribution in [0.4, 0.5) is 17.1 Å². The zero-order valence-corrected chi connectivity index (χ0v) is 19.0. The number of carbonyl (C=O) groups is 3. The number of amides is 3. The van der Waals surface area contributed by atoms with Crippen LogP contribution in [0.5, 0.6) is 0 Å². The molecule has 0 spiro atoms. The summed E-state index contributed by atoms with van der Waals surface area (Å²) in [6.45, 7) is 2.52. The van der Waals surface area contributed by atoms with E-state index < -0.39 is 0 Å². The van der Waals surface area contributed by atoms with Gasteiger partial charge in [0.2, 0.25) is 5.91 Å². The Morgan fingerprint density at radius 1 is 0.758 bits per heavy atom. The lowest BCUT2D eigenvalue weighted by Gasteiger charge is -2.21. The third-order valence-corrected chi connectivity index (χ3v) is 5.01.